The van der Waals surface area contributed by atoms with Crippen LogP contribution in [0.15, 0.2) is 72.8 Å². The molecule has 1 saturated carbocycles. The number of hydrogen-bond acceptors (Lipinski definition) is 2. The minimum absolute atomic E-state index is 0.458. The molecule has 2 aromatic carbocycles. The molecule has 2 nitrogen and oxygen atoms in total. The molecule has 0 saturated heterocycles. The van der Waals surface area contributed by atoms with Crippen molar-refractivity contribution in [3.63, 3.8) is 0 Å². The van der Waals surface area contributed by atoms with Gasteiger partial charge in [0.2, 0.25) is 0 Å². The van der Waals surface area contributed by atoms with Crippen LogP contribution >= 0.6 is 0 Å². The summed E-state index contributed by atoms with van der Waals surface area (Å²) in [6, 6.07) is 20.5. The monoisotopic (exact) mass is 294 g/mol. The summed E-state index contributed by atoms with van der Waals surface area (Å²) in [7, 11) is 0. The van der Waals surface area contributed by atoms with Gasteiger partial charge in [0.05, 0.1) is 26.4 Å². The number of ether oxygens (including phenoxy) is 2. The highest BCUT2D eigenvalue weighted by Crippen LogP contribution is 2.44. The molecule has 0 heterocycles. The van der Waals surface area contributed by atoms with E-state index in [1.165, 1.54) is 16.7 Å². The van der Waals surface area contributed by atoms with Gasteiger partial charge in [-0.25, -0.2) is 0 Å². The summed E-state index contributed by atoms with van der Waals surface area (Å²) >= 11 is 0. The largest absolute Gasteiger partial charge is 0.376 e. The fourth-order valence-corrected chi connectivity index (χ4v) is 2.65. The van der Waals surface area contributed by atoms with Crippen LogP contribution in [-0.4, -0.2) is 13.2 Å². The van der Waals surface area contributed by atoms with Gasteiger partial charge < -0.3 is 9.47 Å². The lowest BCUT2D eigenvalue weighted by atomic mass is 10.2. The maximum absolute atomic E-state index is 5.79. The van der Waals surface area contributed by atoms with Crippen LogP contribution in [0.3, 0.4) is 0 Å². The predicted molar refractivity (Wildman–Crippen MR) is 88.3 cm³/mol. The zero-order valence-electron chi connectivity index (χ0n) is 12.8. The molecule has 1 aliphatic rings. The van der Waals surface area contributed by atoms with E-state index in [1.54, 1.807) is 0 Å². The molecule has 22 heavy (non-hydrogen) atoms. The Morgan fingerprint density at radius 1 is 0.682 bits per heavy atom. The normalized spacial score (nSPS) is 20.1. The van der Waals surface area contributed by atoms with Crippen molar-refractivity contribution >= 4 is 0 Å². The van der Waals surface area contributed by atoms with Gasteiger partial charge in [0.1, 0.15) is 0 Å². The van der Waals surface area contributed by atoms with Crippen LogP contribution in [0.25, 0.3) is 0 Å². The van der Waals surface area contributed by atoms with Gasteiger partial charge in [-0.3, -0.25) is 0 Å². The Bertz CT molecular complexity index is 538. The molecule has 0 spiro atoms. The molecule has 2 atom stereocenters. The first-order valence-corrected chi connectivity index (χ1v) is 7.76. The van der Waals surface area contributed by atoms with E-state index in [2.05, 4.69) is 30.8 Å². The summed E-state index contributed by atoms with van der Waals surface area (Å²) in [5, 5.41) is 0. The summed E-state index contributed by atoms with van der Waals surface area (Å²) in [4.78, 5) is 0. The average Bonchev–Trinajstić information content (AvgIpc) is 3.18. The van der Waals surface area contributed by atoms with Crippen molar-refractivity contribution in [1.82, 2.24) is 0 Å². The minimum atomic E-state index is 0.458. The lowest BCUT2D eigenvalue weighted by Gasteiger charge is -2.05. The van der Waals surface area contributed by atoms with Crippen molar-refractivity contribution in [2.24, 2.45) is 11.8 Å². The molecule has 1 aliphatic carbocycles. The van der Waals surface area contributed by atoms with Crippen molar-refractivity contribution in [3.05, 3.63) is 83.9 Å². The second-order valence-corrected chi connectivity index (χ2v) is 5.79. The fraction of sp³-hybridized carbons (Fsp3) is 0.300. The Morgan fingerprint density at radius 2 is 1.09 bits per heavy atom. The number of benzene rings is 2. The maximum atomic E-state index is 5.79. The van der Waals surface area contributed by atoms with Crippen LogP contribution in [0.1, 0.15) is 11.1 Å². The molecule has 114 valence electrons. The molecular weight excluding hydrogens is 272 g/mol. The van der Waals surface area contributed by atoms with E-state index in [4.69, 9.17) is 9.47 Å². The zero-order chi connectivity index (χ0) is 15.2. The van der Waals surface area contributed by atoms with E-state index in [-0.39, 0.29) is 0 Å². The van der Waals surface area contributed by atoms with Crippen LogP contribution in [0.5, 0.6) is 0 Å². The smallest absolute Gasteiger partial charge is 0.0717 e. The molecule has 0 aliphatic heterocycles. The maximum Gasteiger partial charge on any atom is 0.0717 e. The molecule has 2 heteroatoms. The van der Waals surface area contributed by atoms with Gasteiger partial charge in [-0.1, -0.05) is 72.8 Å². The molecule has 0 aromatic heterocycles. The van der Waals surface area contributed by atoms with E-state index >= 15 is 0 Å². The molecule has 0 unspecified atom stereocenters. The SMILES string of the molecule is C=C1[C@@H](COCc2ccccc2)[C@@H]1COCc1ccccc1. The summed E-state index contributed by atoms with van der Waals surface area (Å²) in [5.74, 6) is 0.916. The molecule has 1 fully saturated rings. The summed E-state index contributed by atoms with van der Waals surface area (Å²) in [5.41, 5.74) is 3.69. The Labute approximate surface area is 132 Å². The molecule has 2 aromatic rings. The Hall–Kier alpha value is -1.90. The van der Waals surface area contributed by atoms with Crippen molar-refractivity contribution in [2.45, 2.75) is 13.2 Å². The van der Waals surface area contributed by atoms with Crippen molar-refractivity contribution in [3.8, 4) is 0 Å². The average molecular weight is 294 g/mol. The highest BCUT2D eigenvalue weighted by atomic mass is 16.5. The molecular formula is C20H22O2. The van der Waals surface area contributed by atoms with Gasteiger partial charge in [-0.05, 0) is 11.1 Å². The molecule has 0 amide bonds. The first kappa shape index (κ1) is 15.0. The fourth-order valence-electron chi connectivity index (χ4n) is 2.65. The third kappa shape index (κ3) is 4.06. The summed E-state index contributed by atoms with van der Waals surface area (Å²) in [6.45, 7) is 6.94. The van der Waals surface area contributed by atoms with Crippen LogP contribution in [0, 0.1) is 11.8 Å². The second kappa shape index (κ2) is 7.39. The third-order valence-corrected chi connectivity index (χ3v) is 4.15. The van der Waals surface area contributed by atoms with Gasteiger partial charge in [0, 0.05) is 11.8 Å². The standard InChI is InChI=1S/C20H22O2/c1-16-19(14-21-12-17-8-4-2-5-9-17)20(16)15-22-13-18-10-6-3-7-11-18/h2-11,19-20H,1,12-15H2/t19-,20-/m1/s1. The predicted octanol–water partition coefficient (Wildman–Crippen LogP) is 4.22. The Balaban J connectivity index is 1.34. The first-order valence-electron chi connectivity index (χ1n) is 7.76. The number of rotatable bonds is 8. The van der Waals surface area contributed by atoms with Crippen LogP contribution in [0.2, 0.25) is 0 Å². The Morgan fingerprint density at radius 3 is 1.50 bits per heavy atom. The van der Waals surface area contributed by atoms with Gasteiger partial charge in [0.15, 0.2) is 0 Å². The molecule has 0 bridgehead atoms. The van der Waals surface area contributed by atoms with E-state index in [0.29, 0.717) is 25.0 Å². The summed E-state index contributed by atoms with van der Waals surface area (Å²) in [6.07, 6.45) is 0. The van der Waals surface area contributed by atoms with Gasteiger partial charge >= 0.3 is 0 Å². The number of hydrogen-bond donors (Lipinski definition) is 0. The van der Waals surface area contributed by atoms with Crippen molar-refractivity contribution in [1.29, 1.82) is 0 Å². The highest BCUT2D eigenvalue weighted by Gasteiger charge is 2.42. The molecule has 3 rings (SSSR count). The lowest BCUT2D eigenvalue weighted by molar-refractivity contribution is 0.0840. The minimum Gasteiger partial charge on any atom is -0.376 e. The summed E-state index contributed by atoms with van der Waals surface area (Å²) < 4.78 is 11.6. The van der Waals surface area contributed by atoms with E-state index in [0.717, 1.165) is 13.2 Å². The van der Waals surface area contributed by atoms with Crippen LogP contribution in [0.4, 0.5) is 0 Å². The quantitative estimate of drug-likeness (QED) is 0.679. The highest BCUT2D eigenvalue weighted by molar-refractivity contribution is 5.26. The van der Waals surface area contributed by atoms with E-state index in [1.807, 2.05) is 36.4 Å². The van der Waals surface area contributed by atoms with Crippen molar-refractivity contribution in [2.75, 3.05) is 13.2 Å². The molecule has 0 N–H and O–H groups in total. The second-order valence-electron chi connectivity index (χ2n) is 5.79. The molecule has 0 radical (unpaired) electrons. The Kier molecular flexibility index (Phi) is 5.04. The van der Waals surface area contributed by atoms with E-state index < -0.39 is 0 Å². The van der Waals surface area contributed by atoms with E-state index in [9.17, 15) is 0 Å². The van der Waals surface area contributed by atoms with Gasteiger partial charge in [0.25, 0.3) is 0 Å². The first-order chi connectivity index (χ1) is 10.8. The van der Waals surface area contributed by atoms with Crippen LogP contribution in [-0.2, 0) is 22.7 Å². The zero-order valence-corrected chi connectivity index (χ0v) is 12.8. The van der Waals surface area contributed by atoms with Crippen molar-refractivity contribution < 1.29 is 9.47 Å². The topological polar surface area (TPSA) is 18.5 Å². The third-order valence-electron chi connectivity index (χ3n) is 4.15. The van der Waals surface area contributed by atoms with Gasteiger partial charge in [-0.2, -0.15) is 0 Å². The van der Waals surface area contributed by atoms with Crippen LogP contribution < -0.4 is 0 Å². The lowest BCUT2D eigenvalue weighted by Crippen LogP contribution is -2.03. The van der Waals surface area contributed by atoms with Gasteiger partial charge in [-0.15, -0.1) is 0 Å².